The van der Waals surface area contributed by atoms with E-state index in [9.17, 15) is 0 Å². The van der Waals surface area contributed by atoms with E-state index in [0.29, 0.717) is 11.3 Å². The van der Waals surface area contributed by atoms with Gasteiger partial charge in [0.2, 0.25) is 0 Å². The summed E-state index contributed by atoms with van der Waals surface area (Å²) in [5, 5.41) is 3.63. The molecule has 1 unspecified atom stereocenters. The minimum atomic E-state index is 0.552. The Kier molecular flexibility index (Phi) is 4.42. The molecule has 2 fully saturated rings. The Bertz CT molecular complexity index is 407. The van der Waals surface area contributed by atoms with Gasteiger partial charge in [0.15, 0.2) is 0 Å². The molecule has 0 aromatic heterocycles. The molecule has 0 saturated carbocycles. The molecule has 2 aliphatic heterocycles. The predicted octanol–water partition coefficient (Wildman–Crippen LogP) is 3.26. The molecule has 110 valence electrons. The summed E-state index contributed by atoms with van der Waals surface area (Å²) in [5.74, 6) is 0.709. The maximum Gasteiger partial charge on any atom is 0.00255 e. The van der Waals surface area contributed by atoms with Crippen LogP contribution < -0.4 is 5.32 Å². The van der Waals surface area contributed by atoms with Crippen LogP contribution in [0.2, 0.25) is 0 Å². The molecule has 20 heavy (non-hydrogen) atoms. The summed E-state index contributed by atoms with van der Waals surface area (Å²) in [6, 6.07) is 11.2. The first-order chi connectivity index (χ1) is 9.84. The SMILES string of the molecule is CCCN1CCC2(CCNCC2c2ccccc2)CC1. The first kappa shape index (κ1) is 14.1. The molecule has 2 nitrogen and oxygen atoms in total. The number of piperidine rings is 2. The zero-order valence-corrected chi connectivity index (χ0v) is 12.8. The van der Waals surface area contributed by atoms with Crippen LogP contribution in [-0.4, -0.2) is 37.6 Å². The quantitative estimate of drug-likeness (QED) is 0.908. The van der Waals surface area contributed by atoms with Gasteiger partial charge in [-0.25, -0.2) is 0 Å². The van der Waals surface area contributed by atoms with Crippen LogP contribution in [-0.2, 0) is 0 Å². The lowest BCUT2D eigenvalue weighted by Gasteiger charge is -2.49. The fourth-order valence-corrected chi connectivity index (χ4v) is 4.27. The Hall–Kier alpha value is -0.860. The summed E-state index contributed by atoms with van der Waals surface area (Å²) < 4.78 is 0. The molecule has 0 bridgehead atoms. The largest absolute Gasteiger partial charge is 0.316 e. The molecule has 2 heterocycles. The monoisotopic (exact) mass is 272 g/mol. The lowest BCUT2D eigenvalue weighted by Crippen LogP contribution is -2.50. The third-order valence-corrected chi connectivity index (χ3v) is 5.48. The van der Waals surface area contributed by atoms with Gasteiger partial charge in [-0.15, -0.1) is 0 Å². The van der Waals surface area contributed by atoms with Gasteiger partial charge >= 0.3 is 0 Å². The highest BCUT2D eigenvalue weighted by atomic mass is 15.1. The number of benzene rings is 1. The number of hydrogen-bond acceptors (Lipinski definition) is 2. The Morgan fingerprint density at radius 2 is 1.90 bits per heavy atom. The molecule has 1 N–H and O–H groups in total. The zero-order chi connectivity index (χ0) is 13.8. The van der Waals surface area contributed by atoms with Gasteiger partial charge in [-0.05, 0) is 62.8 Å². The maximum absolute atomic E-state index is 3.63. The van der Waals surface area contributed by atoms with Crippen molar-refractivity contribution in [1.29, 1.82) is 0 Å². The molecule has 0 amide bonds. The third-order valence-electron chi connectivity index (χ3n) is 5.48. The highest BCUT2D eigenvalue weighted by Gasteiger charge is 2.43. The van der Waals surface area contributed by atoms with Crippen LogP contribution in [0.1, 0.15) is 44.1 Å². The summed E-state index contributed by atoms with van der Waals surface area (Å²) >= 11 is 0. The van der Waals surface area contributed by atoms with Crippen molar-refractivity contribution in [3.63, 3.8) is 0 Å². The minimum absolute atomic E-state index is 0.552. The van der Waals surface area contributed by atoms with Crippen LogP contribution in [0.25, 0.3) is 0 Å². The topological polar surface area (TPSA) is 15.3 Å². The van der Waals surface area contributed by atoms with Crippen molar-refractivity contribution in [3.8, 4) is 0 Å². The molecular weight excluding hydrogens is 244 g/mol. The molecule has 1 aromatic rings. The van der Waals surface area contributed by atoms with Crippen LogP contribution in [0, 0.1) is 5.41 Å². The fraction of sp³-hybridized carbons (Fsp3) is 0.667. The van der Waals surface area contributed by atoms with Crippen molar-refractivity contribution in [2.75, 3.05) is 32.7 Å². The van der Waals surface area contributed by atoms with E-state index in [-0.39, 0.29) is 0 Å². The zero-order valence-electron chi connectivity index (χ0n) is 12.8. The number of likely N-dealkylation sites (tertiary alicyclic amines) is 1. The predicted molar refractivity (Wildman–Crippen MR) is 85.1 cm³/mol. The lowest BCUT2D eigenvalue weighted by atomic mass is 9.63. The van der Waals surface area contributed by atoms with Gasteiger partial charge in [0.05, 0.1) is 0 Å². The molecule has 1 spiro atoms. The van der Waals surface area contributed by atoms with E-state index in [1.165, 1.54) is 51.9 Å². The Morgan fingerprint density at radius 3 is 2.60 bits per heavy atom. The smallest absolute Gasteiger partial charge is 0.00255 e. The van der Waals surface area contributed by atoms with Gasteiger partial charge in [0.25, 0.3) is 0 Å². The van der Waals surface area contributed by atoms with E-state index in [0.717, 1.165) is 6.54 Å². The van der Waals surface area contributed by atoms with Crippen molar-refractivity contribution >= 4 is 0 Å². The van der Waals surface area contributed by atoms with Crippen molar-refractivity contribution < 1.29 is 0 Å². The van der Waals surface area contributed by atoms with Gasteiger partial charge in [-0.2, -0.15) is 0 Å². The van der Waals surface area contributed by atoms with E-state index in [1.807, 2.05) is 0 Å². The molecule has 0 radical (unpaired) electrons. The number of nitrogens with zero attached hydrogens (tertiary/aromatic N) is 1. The molecule has 3 rings (SSSR count). The van der Waals surface area contributed by atoms with Crippen molar-refractivity contribution in [2.45, 2.75) is 38.5 Å². The molecule has 2 saturated heterocycles. The van der Waals surface area contributed by atoms with Crippen LogP contribution in [0.15, 0.2) is 30.3 Å². The van der Waals surface area contributed by atoms with Crippen molar-refractivity contribution in [2.24, 2.45) is 5.41 Å². The molecule has 2 aliphatic rings. The molecule has 0 aliphatic carbocycles. The number of nitrogens with one attached hydrogen (secondary N) is 1. The van der Waals surface area contributed by atoms with Crippen molar-refractivity contribution in [1.82, 2.24) is 10.2 Å². The van der Waals surface area contributed by atoms with Gasteiger partial charge in [-0.3, -0.25) is 0 Å². The van der Waals surface area contributed by atoms with E-state index in [4.69, 9.17) is 0 Å². The second-order valence-corrected chi connectivity index (χ2v) is 6.62. The van der Waals surface area contributed by atoms with Crippen molar-refractivity contribution in [3.05, 3.63) is 35.9 Å². The normalized spacial score (nSPS) is 26.8. The average Bonchev–Trinajstić information content (AvgIpc) is 2.51. The highest BCUT2D eigenvalue weighted by molar-refractivity contribution is 5.24. The first-order valence-electron chi connectivity index (χ1n) is 8.32. The standard InChI is InChI=1S/C18H28N2/c1-2-12-20-13-9-18(10-14-20)8-11-19-15-17(18)16-6-4-3-5-7-16/h3-7,17,19H,2,8-15H2,1H3. The van der Waals surface area contributed by atoms with E-state index in [2.05, 4.69) is 47.5 Å². The van der Waals surface area contributed by atoms with Crippen LogP contribution in [0.4, 0.5) is 0 Å². The Balaban J connectivity index is 1.76. The van der Waals surface area contributed by atoms with Gasteiger partial charge < -0.3 is 10.2 Å². The molecule has 1 atom stereocenters. The van der Waals surface area contributed by atoms with E-state index < -0.39 is 0 Å². The van der Waals surface area contributed by atoms with Gasteiger partial charge in [-0.1, -0.05) is 37.3 Å². The van der Waals surface area contributed by atoms with Crippen LogP contribution >= 0.6 is 0 Å². The van der Waals surface area contributed by atoms with Gasteiger partial charge in [0.1, 0.15) is 0 Å². The Labute approximate surface area is 123 Å². The lowest BCUT2D eigenvalue weighted by molar-refractivity contribution is 0.0539. The molecular formula is C18H28N2. The summed E-state index contributed by atoms with van der Waals surface area (Å²) in [4.78, 5) is 2.66. The second kappa shape index (κ2) is 6.28. The molecule has 2 heteroatoms. The summed E-state index contributed by atoms with van der Waals surface area (Å²) in [6.07, 6.45) is 5.41. The van der Waals surface area contributed by atoms with Crippen LogP contribution in [0.3, 0.4) is 0 Å². The summed E-state index contributed by atoms with van der Waals surface area (Å²) in [7, 11) is 0. The maximum atomic E-state index is 3.63. The van der Waals surface area contributed by atoms with Crippen LogP contribution in [0.5, 0.6) is 0 Å². The van der Waals surface area contributed by atoms with Gasteiger partial charge in [0, 0.05) is 12.5 Å². The fourth-order valence-electron chi connectivity index (χ4n) is 4.27. The third kappa shape index (κ3) is 2.77. The van der Waals surface area contributed by atoms with E-state index in [1.54, 1.807) is 5.56 Å². The number of rotatable bonds is 3. The summed E-state index contributed by atoms with van der Waals surface area (Å²) in [5.41, 5.74) is 2.10. The average molecular weight is 272 g/mol. The molecule has 1 aromatic carbocycles. The minimum Gasteiger partial charge on any atom is -0.316 e. The van der Waals surface area contributed by atoms with E-state index >= 15 is 0 Å². The highest BCUT2D eigenvalue weighted by Crippen LogP contribution is 2.48. The Morgan fingerprint density at radius 1 is 1.15 bits per heavy atom. The second-order valence-electron chi connectivity index (χ2n) is 6.62. The summed E-state index contributed by atoms with van der Waals surface area (Å²) in [6.45, 7) is 8.55. The first-order valence-corrected chi connectivity index (χ1v) is 8.32. The number of hydrogen-bond donors (Lipinski definition) is 1.